The third-order valence-electron chi connectivity index (χ3n) is 1.46. The summed E-state index contributed by atoms with van der Waals surface area (Å²) in [6, 6.07) is 5.86. The first-order valence-electron chi connectivity index (χ1n) is 3.83. The van der Waals surface area contributed by atoms with Crippen molar-refractivity contribution in [2.75, 3.05) is 0 Å². The molecule has 1 aromatic carbocycles. The van der Waals surface area contributed by atoms with Gasteiger partial charge in [-0.25, -0.2) is 4.79 Å². The molecule has 0 radical (unpaired) electrons. The summed E-state index contributed by atoms with van der Waals surface area (Å²) in [4.78, 5) is 25.5. The Bertz CT molecular complexity index is 344. The van der Waals surface area contributed by atoms with Crippen LogP contribution in [0.5, 0.6) is 5.75 Å². The zero-order chi connectivity index (χ0) is 10.6. The van der Waals surface area contributed by atoms with Crippen molar-refractivity contribution in [1.82, 2.24) is 0 Å². The molecule has 0 aliphatic carbocycles. The number of hydrogen-bond acceptors (Lipinski definition) is 5. The second-order valence-electron chi connectivity index (χ2n) is 2.52. The van der Waals surface area contributed by atoms with Crippen molar-refractivity contribution < 1.29 is 19.2 Å². The Morgan fingerprint density at radius 1 is 1.21 bits per heavy atom. The predicted molar refractivity (Wildman–Crippen MR) is 47.4 cm³/mol. The summed E-state index contributed by atoms with van der Waals surface area (Å²) in [5, 5.41) is 0. The summed E-state index contributed by atoms with van der Waals surface area (Å²) in [6.07, 6.45) is 0. The summed E-state index contributed by atoms with van der Waals surface area (Å²) in [5.41, 5.74) is 0.295. The van der Waals surface area contributed by atoms with Gasteiger partial charge >= 0.3 is 11.9 Å². The van der Waals surface area contributed by atoms with Gasteiger partial charge in [0, 0.05) is 6.92 Å². The van der Waals surface area contributed by atoms with E-state index in [0.29, 0.717) is 11.3 Å². The summed E-state index contributed by atoms with van der Waals surface area (Å²) in [6.45, 7) is 1.29. The molecule has 0 saturated carbocycles. The van der Waals surface area contributed by atoms with E-state index in [9.17, 15) is 9.59 Å². The number of benzene rings is 1. The molecule has 0 aliphatic heterocycles. The van der Waals surface area contributed by atoms with Crippen molar-refractivity contribution >= 4 is 11.9 Å². The van der Waals surface area contributed by atoms with Gasteiger partial charge in [0.15, 0.2) is 0 Å². The first-order chi connectivity index (χ1) is 6.63. The number of rotatable bonds is 2. The van der Waals surface area contributed by atoms with E-state index in [-0.39, 0.29) is 0 Å². The van der Waals surface area contributed by atoms with Crippen molar-refractivity contribution in [2.45, 2.75) is 6.92 Å². The lowest BCUT2D eigenvalue weighted by Gasteiger charge is -2.01. The molecule has 0 bridgehead atoms. The van der Waals surface area contributed by atoms with Crippen LogP contribution < -0.4 is 10.6 Å². The van der Waals surface area contributed by atoms with E-state index >= 15 is 0 Å². The Hall–Kier alpha value is -1.88. The number of esters is 1. The normalized spacial score (nSPS) is 9.29. The second-order valence-corrected chi connectivity index (χ2v) is 2.52. The molecule has 5 heteroatoms. The van der Waals surface area contributed by atoms with Crippen LogP contribution in [0.3, 0.4) is 0 Å². The topological polar surface area (TPSA) is 78.6 Å². The highest BCUT2D eigenvalue weighted by Gasteiger charge is 2.05. The highest BCUT2D eigenvalue weighted by molar-refractivity contribution is 5.89. The highest BCUT2D eigenvalue weighted by atomic mass is 16.7. The van der Waals surface area contributed by atoms with E-state index in [1.54, 1.807) is 0 Å². The Morgan fingerprint density at radius 3 is 2.21 bits per heavy atom. The number of nitrogens with two attached hydrogens (primary N) is 1. The highest BCUT2D eigenvalue weighted by Crippen LogP contribution is 2.12. The minimum absolute atomic E-state index is 0.295. The second kappa shape index (κ2) is 4.38. The third-order valence-corrected chi connectivity index (χ3v) is 1.46. The monoisotopic (exact) mass is 195 g/mol. The summed E-state index contributed by atoms with van der Waals surface area (Å²) in [7, 11) is 0. The predicted octanol–water partition coefficient (Wildman–Crippen LogP) is 0.642. The van der Waals surface area contributed by atoms with E-state index in [2.05, 4.69) is 10.7 Å². The fourth-order valence-electron chi connectivity index (χ4n) is 0.893. The van der Waals surface area contributed by atoms with E-state index in [1.807, 2.05) is 0 Å². The van der Waals surface area contributed by atoms with Gasteiger partial charge in [-0.05, 0) is 24.3 Å². The number of hydrogen-bond donors (Lipinski definition) is 1. The van der Waals surface area contributed by atoms with Gasteiger partial charge in [0.1, 0.15) is 5.75 Å². The van der Waals surface area contributed by atoms with Gasteiger partial charge in [-0.15, -0.1) is 0 Å². The summed E-state index contributed by atoms with van der Waals surface area (Å²) < 4.78 is 4.76. The smallest absolute Gasteiger partial charge is 0.356 e. The maximum Gasteiger partial charge on any atom is 0.356 e. The first kappa shape index (κ1) is 10.2. The number of carbonyl (C=O) groups is 2. The Labute approximate surface area is 80.4 Å². The summed E-state index contributed by atoms with van der Waals surface area (Å²) >= 11 is 0. The van der Waals surface area contributed by atoms with Crippen LogP contribution in [0.4, 0.5) is 0 Å². The lowest BCUT2D eigenvalue weighted by atomic mass is 10.2. The van der Waals surface area contributed by atoms with Crippen molar-refractivity contribution in [3.8, 4) is 5.75 Å². The van der Waals surface area contributed by atoms with Crippen LogP contribution in [0.1, 0.15) is 17.3 Å². The van der Waals surface area contributed by atoms with Crippen LogP contribution in [-0.4, -0.2) is 11.9 Å². The van der Waals surface area contributed by atoms with E-state index in [4.69, 9.17) is 4.74 Å². The van der Waals surface area contributed by atoms with Crippen molar-refractivity contribution in [3.63, 3.8) is 0 Å². The molecule has 0 unspecified atom stereocenters. The molecule has 2 N–H and O–H groups in total. The van der Waals surface area contributed by atoms with Gasteiger partial charge in [0.2, 0.25) is 0 Å². The zero-order valence-corrected chi connectivity index (χ0v) is 7.52. The van der Waals surface area contributed by atoms with Crippen LogP contribution >= 0.6 is 0 Å². The SMILES string of the molecule is CC(=O)Oc1ccc(C(=O)ON)cc1. The fraction of sp³-hybridized carbons (Fsp3) is 0.111. The maximum absolute atomic E-state index is 10.9. The van der Waals surface area contributed by atoms with E-state index in [0.717, 1.165) is 0 Å². The standard InChI is InChI=1S/C9H9NO4/c1-6(11)13-8-4-2-7(3-5-8)9(12)14-10/h2-5H,10H2,1H3. The first-order valence-corrected chi connectivity index (χ1v) is 3.83. The molecule has 0 atom stereocenters. The lowest BCUT2D eigenvalue weighted by molar-refractivity contribution is -0.131. The number of ether oxygens (including phenoxy) is 1. The van der Waals surface area contributed by atoms with Crippen molar-refractivity contribution in [2.24, 2.45) is 5.90 Å². The van der Waals surface area contributed by atoms with Gasteiger partial charge < -0.3 is 9.57 Å². The average molecular weight is 195 g/mol. The molecule has 14 heavy (non-hydrogen) atoms. The van der Waals surface area contributed by atoms with Gasteiger partial charge in [-0.3, -0.25) is 4.79 Å². The van der Waals surface area contributed by atoms with Crippen molar-refractivity contribution in [3.05, 3.63) is 29.8 Å². The Kier molecular flexibility index (Phi) is 3.19. The van der Waals surface area contributed by atoms with Gasteiger partial charge in [0.05, 0.1) is 5.56 Å². The molecule has 0 amide bonds. The molecule has 0 fully saturated rings. The minimum atomic E-state index is -0.639. The van der Waals surface area contributed by atoms with E-state index in [1.165, 1.54) is 31.2 Å². The number of carbonyl (C=O) groups excluding carboxylic acids is 2. The quantitative estimate of drug-likeness (QED) is 0.425. The average Bonchev–Trinajstić information content (AvgIpc) is 2.17. The molecular weight excluding hydrogens is 186 g/mol. The molecule has 74 valence electrons. The van der Waals surface area contributed by atoms with E-state index < -0.39 is 11.9 Å². The largest absolute Gasteiger partial charge is 0.427 e. The molecular formula is C9H9NO4. The molecule has 0 aromatic heterocycles. The van der Waals surface area contributed by atoms with Crippen LogP contribution in [0.25, 0.3) is 0 Å². The molecule has 0 aliphatic rings. The molecule has 0 heterocycles. The third kappa shape index (κ3) is 2.56. The van der Waals surface area contributed by atoms with Gasteiger partial charge in [-0.1, -0.05) is 0 Å². The van der Waals surface area contributed by atoms with Crippen LogP contribution in [0.2, 0.25) is 0 Å². The lowest BCUT2D eigenvalue weighted by Crippen LogP contribution is -2.10. The van der Waals surface area contributed by atoms with Crippen LogP contribution in [0.15, 0.2) is 24.3 Å². The van der Waals surface area contributed by atoms with Gasteiger partial charge in [0.25, 0.3) is 0 Å². The minimum Gasteiger partial charge on any atom is -0.427 e. The maximum atomic E-state index is 10.9. The molecule has 0 spiro atoms. The summed E-state index contributed by atoms with van der Waals surface area (Å²) in [5.74, 6) is 4.00. The fourth-order valence-corrected chi connectivity index (χ4v) is 0.893. The van der Waals surface area contributed by atoms with Crippen LogP contribution in [0, 0.1) is 0 Å². The van der Waals surface area contributed by atoms with Crippen LogP contribution in [-0.2, 0) is 9.63 Å². The molecule has 0 saturated heterocycles. The van der Waals surface area contributed by atoms with Gasteiger partial charge in [-0.2, -0.15) is 5.90 Å². The molecule has 5 nitrogen and oxygen atoms in total. The Balaban J connectivity index is 2.78. The zero-order valence-electron chi connectivity index (χ0n) is 7.52. The Morgan fingerprint density at radius 2 is 1.79 bits per heavy atom. The molecule has 1 rings (SSSR count). The van der Waals surface area contributed by atoms with Crippen molar-refractivity contribution in [1.29, 1.82) is 0 Å². The molecule has 1 aromatic rings.